The van der Waals surface area contributed by atoms with E-state index in [1.165, 1.54) is 0 Å². The van der Waals surface area contributed by atoms with E-state index in [2.05, 4.69) is 9.88 Å². The van der Waals surface area contributed by atoms with Crippen LogP contribution in [0.3, 0.4) is 0 Å². The first kappa shape index (κ1) is 22.9. The number of hydrogen-bond acceptors (Lipinski definition) is 6. The lowest BCUT2D eigenvalue weighted by atomic mass is 10.1. The van der Waals surface area contributed by atoms with E-state index in [1.54, 1.807) is 0 Å². The molecule has 0 amide bonds. The van der Waals surface area contributed by atoms with E-state index in [-0.39, 0.29) is 5.97 Å². The number of nitrogens with zero attached hydrogens (tertiary/aromatic N) is 3. The second kappa shape index (κ2) is 10.1. The Bertz CT molecular complexity index is 1080. The van der Waals surface area contributed by atoms with Gasteiger partial charge in [0.25, 0.3) is 0 Å². The third kappa shape index (κ3) is 6.62. The summed E-state index contributed by atoms with van der Waals surface area (Å²) in [5.74, 6) is 1.39. The lowest BCUT2D eigenvalue weighted by molar-refractivity contribution is -0.155. The number of ether oxygens (including phenoxy) is 2. The molecule has 6 heteroatoms. The Morgan fingerprint density at radius 2 is 1.82 bits per heavy atom. The molecule has 4 rings (SSSR count). The smallest absolute Gasteiger partial charge is 0.307 e. The predicted molar refractivity (Wildman–Crippen MR) is 128 cm³/mol. The van der Waals surface area contributed by atoms with Crippen LogP contribution in [0.4, 0.5) is 0 Å². The first-order chi connectivity index (χ1) is 15.9. The standard InChI is InChI=1S/C27H31N3O3/c1-27(2,3)33-25(31)14-16-30-15-13-24-22(18-30)17-28-26(29-24)21-9-11-23(12-10-21)32-19-20-7-5-4-6-8-20/h4-12,17H,13-16,18-19H2,1-3H3. The van der Waals surface area contributed by atoms with Gasteiger partial charge in [0.05, 0.1) is 12.1 Å². The van der Waals surface area contributed by atoms with Crippen molar-refractivity contribution in [3.63, 3.8) is 0 Å². The molecule has 0 bridgehead atoms. The average molecular weight is 446 g/mol. The normalized spacial score (nSPS) is 13.9. The quantitative estimate of drug-likeness (QED) is 0.486. The second-order valence-corrected chi connectivity index (χ2v) is 9.33. The third-order valence-electron chi connectivity index (χ3n) is 5.43. The molecular weight excluding hydrogens is 414 g/mol. The van der Waals surface area contributed by atoms with Gasteiger partial charge in [-0.3, -0.25) is 9.69 Å². The molecular formula is C27H31N3O3. The highest BCUT2D eigenvalue weighted by molar-refractivity contribution is 5.70. The summed E-state index contributed by atoms with van der Waals surface area (Å²) in [7, 11) is 0. The topological polar surface area (TPSA) is 64.5 Å². The molecule has 33 heavy (non-hydrogen) atoms. The zero-order valence-corrected chi connectivity index (χ0v) is 19.6. The summed E-state index contributed by atoms with van der Waals surface area (Å²) in [6.07, 6.45) is 3.15. The van der Waals surface area contributed by atoms with Gasteiger partial charge in [0, 0.05) is 43.4 Å². The number of carbonyl (C=O) groups is 1. The summed E-state index contributed by atoms with van der Waals surface area (Å²) < 4.78 is 11.3. The molecule has 1 aliphatic heterocycles. The van der Waals surface area contributed by atoms with E-state index in [4.69, 9.17) is 14.5 Å². The van der Waals surface area contributed by atoms with Crippen molar-refractivity contribution in [1.82, 2.24) is 14.9 Å². The second-order valence-electron chi connectivity index (χ2n) is 9.33. The molecule has 3 aromatic rings. The Balaban J connectivity index is 1.33. The summed E-state index contributed by atoms with van der Waals surface area (Å²) in [4.78, 5) is 23.7. The third-order valence-corrected chi connectivity index (χ3v) is 5.43. The molecule has 172 valence electrons. The number of aromatic nitrogens is 2. The molecule has 2 aromatic carbocycles. The van der Waals surface area contributed by atoms with Crippen LogP contribution in [0.5, 0.6) is 5.75 Å². The summed E-state index contributed by atoms with van der Waals surface area (Å²) in [5, 5.41) is 0. The molecule has 1 aromatic heterocycles. The van der Waals surface area contributed by atoms with Crippen LogP contribution in [-0.4, -0.2) is 39.5 Å². The highest BCUT2D eigenvalue weighted by atomic mass is 16.6. The molecule has 0 N–H and O–H groups in total. The zero-order valence-electron chi connectivity index (χ0n) is 19.6. The Kier molecular flexibility index (Phi) is 7.04. The van der Waals surface area contributed by atoms with Crippen LogP contribution in [0.15, 0.2) is 60.8 Å². The maximum Gasteiger partial charge on any atom is 0.307 e. The van der Waals surface area contributed by atoms with Gasteiger partial charge < -0.3 is 9.47 Å². The van der Waals surface area contributed by atoms with Crippen molar-refractivity contribution in [1.29, 1.82) is 0 Å². The highest BCUT2D eigenvalue weighted by Gasteiger charge is 2.21. The van der Waals surface area contributed by atoms with Crippen LogP contribution in [-0.2, 0) is 29.1 Å². The Morgan fingerprint density at radius 1 is 1.06 bits per heavy atom. The molecule has 0 spiro atoms. The number of carbonyl (C=O) groups excluding carboxylic acids is 1. The largest absolute Gasteiger partial charge is 0.489 e. The molecule has 0 saturated heterocycles. The van der Waals surface area contributed by atoms with Crippen molar-refractivity contribution < 1.29 is 14.3 Å². The van der Waals surface area contributed by atoms with Crippen LogP contribution in [0.1, 0.15) is 44.0 Å². The minimum absolute atomic E-state index is 0.156. The van der Waals surface area contributed by atoms with Crippen LogP contribution in [0.2, 0.25) is 0 Å². The molecule has 0 radical (unpaired) electrons. The number of hydrogen-bond donors (Lipinski definition) is 0. The van der Waals surface area contributed by atoms with Gasteiger partial charge in [-0.2, -0.15) is 0 Å². The Hall–Kier alpha value is -3.25. The molecule has 6 nitrogen and oxygen atoms in total. The van der Waals surface area contributed by atoms with Gasteiger partial charge >= 0.3 is 5.97 Å². The van der Waals surface area contributed by atoms with Gasteiger partial charge in [-0.1, -0.05) is 30.3 Å². The van der Waals surface area contributed by atoms with Crippen LogP contribution < -0.4 is 4.74 Å². The Labute approximate surface area is 195 Å². The fourth-order valence-corrected chi connectivity index (χ4v) is 3.79. The maximum absolute atomic E-state index is 12.0. The first-order valence-corrected chi connectivity index (χ1v) is 11.4. The summed E-state index contributed by atoms with van der Waals surface area (Å²) in [5.41, 5.74) is 3.87. The molecule has 1 aliphatic rings. The van der Waals surface area contributed by atoms with E-state index >= 15 is 0 Å². The van der Waals surface area contributed by atoms with Crippen LogP contribution >= 0.6 is 0 Å². The van der Waals surface area contributed by atoms with E-state index in [9.17, 15) is 4.79 Å². The van der Waals surface area contributed by atoms with Gasteiger partial charge in [0.2, 0.25) is 0 Å². The van der Waals surface area contributed by atoms with Crippen molar-refractivity contribution in [3.05, 3.63) is 77.6 Å². The van der Waals surface area contributed by atoms with Crippen LogP contribution in [0, 0.1) is 0 Å². The highest BCUT2D eigenvalue weighted by Crippen LogP contribution is 2.23. The minimum atomic E-state index is -0.442. The van der Waals surface area contributed by atoms with Gasteiger partial charge in [-0.05, 0) is 50.6 Å². The van der Waals surface area contributed by atoms with E-state index in [0.29, 0.717) is 19.6 Å². The van der Waals surface area contributed by atoms with E-state index in [1.807, 2.05) is 81.6 Å². The fourth-order valence-electron chi connectivity index (χ4n) is 3.79. The number of esters is 1. The summed E-state index contributed by atoms with van der Waals surface area (Å²) in [6.45, 7) is 8.52. The van der Waals surface area contributed by atoms with Crippen molar-refractivity contribution in [2.75, 3.05) is 13.1 Å². The van der Waals surface area contributed by atoms with E-state index in [0.717, 1.165) is 53.5 Å². The summed E-state index contributed by atoms with van der Waals surface area (Å²) in [6, 6.07) is 18.0. The van der Waals surface area contributed by atoms with Gasteiger partial charge in [-0.25, -0.2) is 9.97 Å². The fraction of sp³-hybridized carbons (Fsp3) is 0.370. The SMILES string of the molecule is CC(C)(C)OC(=O)CCN1CCc2nc(-c3ccc(OCc4ccccc4)cc3)ncc2C1. The van der Waals surface area contributed by atoms with Crippen molar-refractivity contribution >= 4 is 5.97 Å². The van der Waals surface area contributed by atoms with Gasteiger partial charge in [0.1, 0.15) is 18.0 Å². The van der Waals surface area contributed by atoms with Crippen molar-refractivity contribution in [2.45, 2.75) is 52.4 Å². The lowest BCUT2D eigenvalue weighted by Gasteiger charge is -2.28. The molecule has 0 unspecified atom stereocenters. The lowest BCUT2D eigenvalue weighted by Crippen LogP contribution is -2.34. The number of rotatable bonds is 7. The van der Waals surface area contributed by atoms with E-state index < -0.39 is 5.60 Å². The first-order valence-electron chi connectivity index (χ1n) is 11.4. The minimum Gasteiger partial charge on any atom is -0.489 e. The molecule has 0 atom stereocenters. The van der Waals surface area contributed by atoms with Crippen molar-refractivity contribution in [3.8, 4) is 17.1 Å². The molecule has 0 saturated carbocycles. The monoisotopic (exact) mass is 445 g/mol. The zero-order chi connectivity index (χ0) is 23.3. The van der Waals surface area contributed by atoms with Crippen molar-refractivity contribution in [2.24, 2.45) is 0 Å². The van der Waals surface area contributed by atoms with Gasteiger partial charge in [0.15, 0.2) is 5.82 Å². The predicted octanol–water partition coefficient (Wildman–Crippen LogP) is 4.81. The van der Waals surface area contributed by atoms with Crippen LogP contribution in [0.25, 0.3) is 11.4 Å². The average Bonchev–Trinajstić information content (AvgIpc) is 2.81. The molecule has 0 fully saturated rings. The number of benzene rings is 2. The molecule has 2 heterocycles. The molecule has 0 aliphatic carbocycles. The Morgan fingerprint density at radius 3 is 2.55 bits per heavy atom. The number of fused-ring (bicyclic) bond motifs is 1. The maximum atomic E-state index is 12.0. The van der Waals surface area contributed by atoms with Gasteiger partial charge in [-0.15, -0.1) is 0 Å². The summed E-state index contributed by atoms with van der Waals surface area (Å²) >= 11 is 0.